The lowest BCUT2D eigenvalue weighted by Crippen LogP contribution is -2.32. The summed E-state index contributed by atoms with van der Waals surface area (Å²) in [5.74, 6) is 1.95. The minimum Gasteiger partial charge on any atom is -0.370 e. The Kier molecular flexibility index (Phi) is 4.90. The molecule has 16 heavy (non-hydrogen) atoms. The highest BCUT2D eigenvalue weighted by Gasteiger charge is 2.23. The molecule has 1 saturated carbocycles. The third-order valence-corrected chi connectivity index (χ3v) is 2.40. The molecule has 1 fully saturated rings. The van der Waals surface area contributed by atoms with E-state index < -0.39 is 0 Å². The first-order valence-electron chi connectivity index (χ1n) is 5.00. The van der Waals surface area contributed by atoms with Crippen LogP contribution in [0.1, 0.15) is 18.7 Å². The third kappa shape index (κ3) is 3.58. The summed E-state index contributed by atoms with van der Waals surface area (Å²) in [7, 11) is 1.63. The van der Waals surface area contributed by atoms with Crippen LogP contribution in [0.4, 0.5) is 0 Å². The van der Waals surface area contributed by atoms with Gasteiger partial charge in [0, 0.05) is 13.6 Å². The minimum absolute atomic E-state index is 0. The molecule has 8 heteroatoms. The van der Waals surface area contributed by atoms with Crippen LogP contribution in [-0.4, -0.2) is 33.2 Å². The number of tetrazole rings is 1. The summed E-state index contributed by atoms with van der Waals surface area (Å²) in [5.41, 5.74) is 5.51. The maximum atomic E-state index is 5.51. The van der Waals surface area contributed by atoms with E-state index in [-0.39, 0.29) is 24.0 Å². The van der Waals surface area contributed by atoms with Gasteiger partial charge in [-0.15, -0.1) is 29.1 Å². The van der Waals surface area contributed by atoms with Crippen molar-refractivity contribution >= 4 is 29.9 Å². The predicted molar refractivity (Wildman–Crippen MR) is 70.3 cm³/mol. The molecule has 0 atom stereocenters. The normalized spacial score (nSPS) is 15.7. The standard InChI is InChI=1S/C8H15N7.HI/c1-10-8(9)11-4-7-12-13-14-15(7)5-6-2-3-6;/h6H,2-5H2,1H3,(H3,9,10,11);1H. The molecule has 90 valence electrons. The molecular formula is C8H16IN7. The number of guanidine groups is 1. The van der Waals surface area contributed by atoms with E-state index in [1.165, 1.54) is 12.8 Å². The maximum absolute atomic E-state index is 5.51. The highest BCUT2D eigenvalue weighted by molar-refractivity contribution is 14.0. The zero-order valence-corrected chi connectivity index (χ0v) is 11.5. The molecule has 0 amide bonds. The first-order chi connectivity index (χ1) is 7.29. The van der Waals surface area contributed by atoms with Gasteiger partial charge in [-0.05, 0) is 29.2 Å². The number of nitrogens with one attached hydrogen (secondary N) is 1. The highest BCUT2D eigenvalue weighted by Crippen LogP contribution is 2.30. The molecule has 0 aliphatic heterocycles. The van der Waals surface area contributed by atoms with Gasteiger partial charge in [0.1, 0.15) is 0 Å². The molecule has 0 radical (unpaired) electrons. The van der Waals surface area contributed by atoms with Crippen molar-refractivity contribution in [1.82, 2.24) is 25.5 Å². The number of aliphatic imine (C=N–C) groups is 1. The van der Waals surface area contributed by atoms with Crippen LogP contribution in [0, 0.1) is 5.92 Å². The van der Waals surface area contributed by atoms with E-state index in [0.717, 1.165) is 18.3 Å². The average molecular weight is 337 g/mol. The molecule has 1 aliphatic rings. The Hall–Kier alpha value is -0.930. The van der Waals surface area contributed by atoms with Gasteiger partial charge in [-0.3, -0.25) is 4.99 Å². The van der Waals surface area contributed by atoms with E-state index >= 15 is 0 Å². The molecule has 0 saturated heterocycles. The van der Waals surface area contributed by atoms with Crippen molar-refractivity contribution < 1.29 is 0 Å². The molecule has 0 bridgehead atoms. The predicted octanol–water partition coefficient (Wildman–Crippen LogP) is -0.265. The second-order valence-electron chi connectivity index (χ2n) is 3.68. The van der Waals surface area contributed by atoms with E-state index in [1.54, 1.807) is 7.05 Å². The van der Waals surface area contributed by atoms with E-state index in [4.69, 9.17) is 5.73 Å². The Bertz CT molecular complexity index is 357. The van der Waals surface area contributed by atoms with Crippen LogP contribution in [0.2, 0.25) is 0 Å². The number of aromatic nitrogens is 4. The summed E-state index contributed by atoms with van der Waals surface area (Å²) < 4.78 is 1.83. The quantitative estimate of drug-likeness (QED) is 0.448. The highest BCUT2D eigenvalue weighted by atomic mass is 127. The summed E-state index contributed by atoms with van der Waals surface area (Å²) >= 11 is 0. The van der Waals surface area contributed by atoms with Gasteiger partial charge in [0.05, 0.1) is 6.54 Å². The maximum Gasteiger partial charge on any atom is 0.188 e. The zero-order valence-electron chi connectivity index (χ0n) is 9.13. The molecule has 1 aromatic rings. The number of halogens is 1. The minimum atomic E-state index is 0. The Balaban J connectivity index is 0.00000128. The third-order valence-electron chi connectivity index (χ3n) is 2.40. The summed E-state index contributed by atoms with van der Waals surface area (Å²) in [4.78, 5) is 3.80. The van der Waals surface area contributed by atoms with Crippen molar-refractivity contribution in [3.8, 4) is 0 Å². The van der Waals surface area contributed by atoms with Gasteiger partial charge in [0.2, 0.25) is 0 Å². The molecule has 1 heterocycles. The topological polar surface area (TPSA) is 94.0 Å². The number of nitrogens with zero attached hydrogens (tertiary/aromatic N) is 5. The van der Waals surface area contributed by atoms with Crippen molar-refractivity contribution in [2.75, 3.05) is 7.05 Å². The molecule has 3 N–H and O–H groups in total. The lowest BCUT2D eigenvalue weighted by molar-refractivity contribution is 0.519. The Labute approximate surface area is 111 Å². The SMILES string of the molecule is CN=C(N)NCc1nnnn1CC1CC1.I. The first-order valence-corrected chi connectivity index (χ1v) is 5.00. The molecule has 7 nitrogen and oxygen atoms in total. The van der Waals surface area contributed by atoms with Crippen molar-refractivity contribution in [3.63, 3.8) is 0 Å². The van der Waals surface area contributed by atoms with Gasteiger partial charge >= 0.3 is 0 Å². The lowest BCUT2D eigenvalue weighted by atomic mass is 10.4. The molecule has 2 rings (SSSR count). The van der Waals surface area contributed by atoms with Crippen LogP contribution in [-0.2, 0) is 13.1 Å². The van der Waals surface area contributed by atoms with Crippen LogP contribution in [0.25, 0.3) is 0 Å². The lowest BCUT2D eigenvalue weighted by Gasteiger charge is -2.05. The number of rotatable bonds is 4. The van der Waals surface area contributed by atoms with Crippen molar-refractivity contribution in [1.29, 1.82) is 0 Å². The molecule has 1 aromatic heterocycles. The largest absolute Gasteiger partial charge is 0.370 e. The molecule has 0 unspecified atom stereocenters. The molecule has 0 spiro atoms. The first kappa shape index (κ1) is 13.1. The average Bonchev–Trinajstić information content (AvgIpc) is 2.94. The Morgan fingerprint density at radius 1 is 1.62 bits per heavy atom. The van der Waals surface area contributed by atoms with Crippen LogP contribution >= 0.6 is 24.0 Å². The van der Waals surface area contributed by atoms with Crippen molar-refractivity contribution in [2.24, 2.45) is 16.6 Å². The van der Waals surface area contributed by atoms with Gasteiger partial charge in [-0.1, -0.05) is 0 Å². The number of nitrogens with two attached hydrogens (primary N) is 1. The van der Waals surface area contributed by atoms with E-state index in [2.05, 4.69) is 25.8 Å². The van der Waals surface area contributed by atoms with E-state index in [1.807, 2.05) is 4.68 Å². The monoisotopic (exact) mass is 337 g/mol. The summed E-state index contributed by atoms with van der Waals surface area (Å²) in [6, 6.07) is 0. The Morgan fingerprint density at radius 2 is 2.38 bits per heavy atom. The second kappa shape index (κ2) is 5.97. The van der Waals surface area contributed by atoms with Crippen LogP contribution in [0.5, 0.6) is 0 Å². The van der Waals surface area contributed by atoms with Crippen LogP contribution < -0.4 is 11.1 Å². The number of hydrogen-bond acceptors (Lipinski definition) is 4. The molecule has 1 aliphatic carbocycles. The van der Waals surface area contributed by atoms with Gasteiger partial charge in [0.15, 0.2) is 11.8 Å². The number of hydrogen-bond donors (Lipinski definition) is 2. The van der Waals surface area contributed by atoms with Crippen molar-refractivity contribution in [2.45, 2.75) is 25.9 Å². The van der Waals surface area contributed by atoms with E-state index in [9.17, 15) is 0 Å². The van der Waals surface area contributed by atoms with Crippen LogP contribution in [0.3, 0.4) is 0 Å². The smallest absolute Gasteiger partial charge is 0.188 e. The van der Waals surface area contributed by atoms with Crippen LogP contribution in [0.15, 0.2) is 4.99 Å². The summed E-state index contributed by atoms with van der Waals surface area (Å²) in [6.45, 7) is 1.43. The molecular weight excluding hydrogens is 321 g/mol. The fourth-order valence-corrected chi connectivity index (χ4v) is 1.29. The fourth-order valence-electron chi connectivity index (χ4n) is 1.29. The van der Waals surface area contributed by atoms with E-state index in [0.29, 0.717) is 12.5 Å². The van der Waals surface area contributed by atoms with Gasteiger partial charge in [-0.25, -0.2) is 4.68 Å². The van der Waals surface area contributed by atoms with Gasteiger partial charge in [-0.2, -0.15) is 0 Å². The fraction of sp³-hybridized carbons (Fsp3) is 0.750. The van der Waals surface area contributed by atoms with Gasteiger partial charge < -0.3 is 11.1 Å². The molecule has 0 aromatic carbocycles. The summed E-state index contributed by atoms with van der Waals surface area (Å²) in [6.07, 6.45) is 2.57. The zero-order chi connectivity index (χ0) is 10.7. The second-order valence-corrected chi connectivity index (χ2v) is 3.68. The summed E-state index contributed by atoms with van der Waals surface area (Å²) in [5, 5.41) is 14.4. The van der Waals surface area contributed by atoms with Crippen molar-refractivity contribution in [3.05, 3.63) is 5.82 Å². The Morgan fingerprint density at radius 3 is 3.00 bits per heavy atom. The van der Waals surface area contributed by atoms with Gasteiger partial charge in [0.25, 0.3) is 0 Å².